The largest absolute Gasteiger partial charge is 0.382 e. The number of nitrogens with zero attached hydrogens (tertiary/aromatic N) is 3. The molecule has 690 valence electrons. The maximum absolute atomic E-state index is 15.0. The van der Waals surface area contributed by atoms with Gasteiger partial charge in [0, 0.05) is 43.0 Å². The third kappa shape index (κ3) is 44.3. The topological polar surface area (TPSA) is 142 Å². The highest BCUT2D eigenvalue weighted by Crippen LogP contribution is 3.52. The number of nitrogens with two attached hydrogens (primary N) is 1. The number of sulfone groups is 1. The maximum atomic E-state index is 15.0. The first-order chi connectivity index (χ1) is 55.7. The fourth-order valence-corrected chi connectivity index (χ4v) is 1180. The first-order valence-corrected chi connectivity index (χ1v) is 178. The highest BCUT2D eigenvalue weighted by Gasteiger charge is 2.65. The van der Waals surface area contributed by atoms with E-state index in [2.05, 4.69) is 387 Å². The molecule has 2 saturated heterocycles. The van der Waals surface area contributed by atoms with Gasteiger partial charge in [-0.2, -0.15) is 0 Å². The van der Waals surface area contributed by atoms with Crippen LogP contribution in [0, 0.1) is 5.82 Å². The molecular weight excluding hydrogens is 3020 g/mol. The van der Waals surface area contributed by atoms with Crippen molar-refractivity contribution >= 4 is 654 Å². The molecule has 46 atom stereocenters. The van der Waals surface area contributed by atoms with Crippen LogP contribution in [0.25, 0.3) is 34.0 Å². The Labute approximate surface area is 857 Å². The summed E-state index contributed by atoms with van der Waals surface area (Å²) >= 11 is 0. The molecule has 0 saturated carbocycles. The zero-order chi connectivity index (χ0) is 91.2. The van der Waals surface area contributed by atoms with Gasteiger partial charge < -0.3 is 25.0 Å². The zero-order valence-electron chi connectivity index (χ0n) is 62.7. The van der Waals surface area contributed by atoms with Gasteiger partial charge in [-0.15, -0.1) is 366 Å². The van der Waals surface area contributed by atoms with Crippen molar-refractivity contribution in [3.63, 3.8) is 0 Å². The van der Waals surface area contributed by atoms with E-state index in [1.54, 1.807) is 36.4 Å². The number of nitrogens with one attached hydrogen (secondary N) is 1. The molecule has 0 spiro atoms. The lowest BCUT2D eigenvalue weighted by molar-refractivity contribution is 0.190. The standard InChI is InChI=1S/C28H28FN5O5S.H82P80/c29-23-11-17(13-31-19-7-9-37-15-19)1-6-22(23)24-12-26(39-34-24)27-28(30)32-14-25(33-27)18-2-4-20(5-3-18)40(35,36)21-8-10-38-16-21;1-42(2)62(41)72(61(39)40)77(71(59(35)36)60(37)38)80(78(73(63(43(3)4)44(5)6)64(45(7)8)46(9)10)74(65(47(11)12)48(13)14)66(49(15)16)50(17)18)79(75(67(51(19)20)52(21)22)68(53(23)24)54(25)26)76(69(55(27)28)56(29)30)70(57(31)32)58(33)34/h1-6,11-12,14,19,21,31H,7-10,13,15-16H2,(H2,30,32);1-41H2/t19-,21?;/m0./s1. The molecule has 2 aliphatic rings. The second kappa shape index (κ2) is 73.2. The highest BCUT2D eigenvalue weighted by atomic mass is 33.6. The average molecular weight is 3130 g/mol. The van der Waals surface area contributed by atoms with Crippen molar-refractivity contribution in [2.75, 3.05) is 32.2 Å². The molecule has 45 unspecified atom stereocenters. The number of ether oxygens (including phenoxy) is 2. The molecule has 0 bridgehead atoms. The Morgan fingerprint density at radius 1 is 0.383 bits per heavy atom. The van der Waals surface area contributed by atoms with Crippen molar-refractivity contribution in [2.45, 2.75) is 35.6 Å². The van der Waals surface area contributed by atoms with Crippen molar-refractivity contribution in [3.8, 4) is 34.0 Å². The number of hydrogen-bond donors (Lipinski definition) is 2. The van der Waals surface area contributed by atoms with Crippen LogP contribution in [0.5, 0.6) is 0 Å². The Bertz CT molecular complexity index is 3440. The zero-order valence-corrected chi connectivity index (χ0v) is 146. The summed E-state index contributed by atoms with van der Waals surface area (Å²) in [6, 6.07) is 13.3. The molecule has 2 fully saturated rings. The molecule has 2 aromatic carbocycles. The molecular formula is C28H110FN5O5P80S. The Morgan fingerprint density at radius 2 is 0.700 bits per heavy atom. The van der Waals surface area contributed by atoms with Crippen LogP contribution < -0.4 is 11.1 Å². The number of halogens is 1. The van der Waals surface area contributed by atoms with E-state index in [1.165, 1.54) is 12.3 Å². The summed E-state index contributed by atoms with van der Waals surface area (Å²) in [5.41, 5.74) is 8.85. The van der Waals surface area contributed by atoms with E-state index in [0.717, 1.165) is 18.6 Å². The fourth-order valence-electron chi connectivity index (χ4n) is 9.66. The van der Waals surface area contributed by atoms with Crippen LogP contribution in [0.3, 0.4) is 0 Å². The summed E-state index contributed by atoms with van der Waals surface area (Å²) in [5.74, 6) is -0.0767. The average Bonchev–Trinajstić information content (AvgIpc) is 0.869. The predicted octanol–water partition coefficient (Wildman–Crippen LogP) is 50.6. The third-order valence-corrected chi connectivity index (χ3v) is 582. The molecule has 4 aromatic rings. The number of rotatable bonds is 46. The lowest BCUT2D eigenvalue weighted by Gasteiger charge is -2.62. The van der Waals surface area contributed by atoms with Gasteiger partial charge in [0.05, 0.1) is 35.2 Å². The summed E-state index contributed by atoms with van der Waals surface area (Å²) in [6.07, 6.45) is 2.92. The number of benzene rings is 2. The summed E-state index contributed by atoms with van der Waals surface area (Å²) in [4.78, 5) is 9.05. The van der Waals surface area contributed by atoms with E-state index in [4.69, 9.17) is 19.7 Å². The van der Waals surface area contributed by atoms with Gasteiger partial charge in [-0.05, 0) is 315 Å². The normalized spacial score (nSPS) is 16.9. The van der Waals surface area contributed by atoms with Crippen LogP contribution in [0.1, 0.15) is 18.4 Å². The highest BCUT2D eigenvalue weighted by molar-refractivity contribution is 9.58. The lowest BCUT2D eigenvalue weighted by Crippen LogP contribution is -2.28. The monoisotopic (exact) mass is 3130 g/mol. The van der Waals surface area contributed by atoms with Gasteiger partial charge in [-0.25, -0.2) is 22.8 Å². The van der Waals surface area contributed by atoms with Gasteiger partial charge in [0.1, 0.15) is 11.5 Å². The first kappa shape index (κ1) is 141. The van der Waals surface area contributed by atoms with Crippen molar-refractivity contribution in [1.29, 1.82) is 0 Å². The number of hydrogen-bond acceptors (Lipinski definition) is 10. The first-order valence-electron chi connectivity index (χ1n) is 31.2. The number of anilines is 1. The van der Waals surface area contributed by atoms with Crippen LogP contribution in [-0.4, -0.2) is 61.3 Å². The number of nitrogen functional groups attached to an aromatic ring is 1. The Morgan fingerprint density at radius 3 is 0.992 bits per heavy atom. The molecule has 2 aromatic heterocycles. The summed E-state index contributed by atoms with van der Waals surface area (Å²) in [5, 5.41) is 6.87. The summed E-state index contributed by atoms with van der Waals surface area (Å²) in [6.45, 7) is -11.0. The lowest BCUT2D eigenvalue weighted by atomic mass is 10.1. The summed E-state index contributed by atoms with van der Waals surface area (Å²) in [7, 11) is 148. The maximum Gasteiger partial charge on any atom is 0.189 e. The van der Waals surface area contributed by atoms with Crippen molar-refractivity contribution in [1.82, 2.24) is 20.4 Å². The predicted molar refractivity (Wildman–Crippen MR) is 813 cm³/mol. The van der Waals surface area contributed by atoms with Gasteiger partial charge in [0.2, 0.25) is 0 Å². The molecule has 0 aliphatic carbocycles. The van der Waals surface area contributed by atoms with Crippen LogP contribution >= 0.6 is 639 Å². The van der Waals surface area contributed by atoms with E-state index < -0.39 is 48.9 Å². The van der Waals surface area contributed by atoms with Crippen LogP contribution in [0.2, 0.25) is 0 Å². The van der Waals surface area contributed by atoms with Crippen molar-refractivity contribution in [2.24, 2.45) is 0 Å². The van der Waals surface area contributed by atoms with Gasteiger partial charge in [-0.3, -0.25) is 0 Å². The number of aromatic nitrogens is 3. The Balaban J connectivity index is 0.000000524. The van der Waals surface area contributed by atoms with Gasteiger partial charge in [0.15, 0.2) is 27.1 Å². The molecule has 2 aliphatic heterocycles. The van der Waals surface area contributed by atoms with Crippen molar-refractivity contribution < 1.29 is 26.8 Å². The van der Waals surface area contributed by atoms with Crippen LogP contribution in [0.4, 0.5) is 10.2 Å². The molecule has 3 N–H and O–H groups in total. The third-order valence-electron chi connectivity index (χ3n) is 14.2. The van der Waals surface area contributed by atoms with Crippen LogP contribution in [0.15, 0.2) is 64.1 Å². The SMILES string of the molecule is Nc1ncc(-c2ccc(S(=O)(=O)C3CCOC3)cc2)nc1-c1cc(-c2ccc(CN[C@H]3CCOC3)cc2F)no1.PP(P)P(P)P(P(P)P)P(P(P(P)P)P(P)P)P(P(P(P(P(P)P)P(P)P)P(P(P)P)P(P)P)P(P(P(P)P)P(P)P)P(P(P)P)P(P)P)P(P(P(P(P)P)P(P)P)P(P(P)P)P(P)P)P(P(P(P)P)P(P)P)P(P(P)P)P(P)P. The van der Waals surface area contributed by atoms with Gasteiger partial charge >= 0.3 is 0 Å². The van der Waals surface area contributed by atoms with E-state index in [-0.39, 0.29) is 285 Å². The molecule has 4 heterocycles. The summed E-state index contributed by atoms with van der Waals surface area (Å²) < 4.78 is 56.7. The second-order valence-corrected chi connectivity index (χ2v) is 356. The Hall–Kier alpha value is 30.7. The Kier molecular flexibility index (Phi) is 86.0. The fraction of sp³-hybridized carbons (Fsp3) is 0.321. The molecule has 6 rings (SSSR count). The minimum Gasteiger partial charge on any atom is -0.382 e. The van der Waals surface area contributed by atoms with Gasteiger partial charge in [-0.1, -0.05) is 23.4 Å². The van der Waals surface area contributed by atoms with Crippen LogP contribution in [-0.2, 0) is 25.9 Å². The van der Waals surface area contributed by atoms with Crippen molar-refractivity contribution in [3.05, 3.63) is 66.1 Å². The second-order valence-electron chi connectivity index (χ2n) is 22.6. The smallest absolute Gasteiger partial charge is 0.189 e. The van der Waals surface area contributed by atoms with E-state index >= 15 is 0 Å². The van der Waals surface area contributed by atoms with E-state index in [0.29, 0.717) is 43.1 Å². The van der Waals surface area contributed by atoms with E-state index in [9.17, 15) is 12.8 Å². The molecule has 120 heavy (non-hydrogen) atoms. The van der Waals surface area contributed by atoms with E-state index in [1.807, 2.05) is 6.07 Å². The molecule has 10 nitrogen and oxygen atoms in total. The molecule has 0 radical (unpaired) electrons. The molecule has 92 heteroatoms. The minimum absolute atomic E-state index is 0.115. The molecule has 0 amide bonds. The quantitative estimate of drug-likeness (QED) is 0.0411. The van der Waals surface area contributed by atoms with Gasteiger partial charge in [0.25, 0.3) is 0 Å². The minimum atomic E-state index is -3.48.